The van der Waals surface area contributed by atoms with Gasteiger partial charge in [0.15, 0.2) is 0 Å². The van der Waals surface area contributed by atoms with Crippen LogP contribution in [0.3, 0.4) is 0 Å². The van der Waals surface area contributed by atoms with Crippen LogP contribution in [0.4, 0.5) is 0 Å². The van der Waals surface area contributed by atoms with E-state index in [0.717, 1.165) is 50.8 Å². The SMILES string of the molecule is CN(C)[C@@H]1CCCN(C(CC2(O)CCCCC2)c2ccc(OCc3ccccc3)c(Cl)c2)C1. The van der Waals surface area contributed by atoms with Crippen LogP contribution in [-0.2, 0) is 6.61 Å². The van der Waals surface area contributed by atoms with Crippen LogP contribution < -0.4 is 4.74 Å². The van der Waals surface area contributed by atoms with Crippen LogP contribution in [-0.4, -0.2) is 53.7 Å². The van der Waals surface area contributed by atoms with Gasteiger partial charge in [-0.15, -0.1) is 0 Å². The molecule has 1 unspecified atom stereocenters. The quantitative estimate of drug-likeness (QED) is 0.507. The Morgan fingerprint density at radius 2 is 1.85 bits per heavy atom. The van der Waals surface area contributed by atoms with Gasteiger partial charge in [-0.05, 0) is 76.0 Å². The molecular weight excluding hydrogens is 432 g/mol. The minimum atomic E-state index is -0.580. The Bertz CT molecular complexity index is 883. The van der Waals surface area contributed by atoms with Gasteiger partial charge in [-0.2, -0.15) is 0 Å². The van der Waals surface area contributed by atoms with E-state index in [0.29, 0.717) is 23.4 Å². The number of hydrogen-bond donors (Lipinski definition) is 1. The lowest BCUT2D eigenvalue weighted by atomic mass is 9.78. The molecule has 1 saturated carbocycles. The van der Waals surface area contributed by atoms with Crippen molar-refractivity contribution >= 4 is 11.6 Å². The first-order valence-electron chi connectivity index (χ1n) is 12.5. The zero-order valence-electron chi connectivity index (χ0n) is 20.2. The van der Waals surface area contributed by atoms with Gasteiger partial charge in [-0.3, -0.25) is 4.90 Å². The number of aliphatic hydroxyl groups is 1. The maximum atomic E-state index is 11.4. The summed E-state index contributed by atoms with van der Waals surface area (Å²) in [4.78, 5) is 4.92. The van der Waals surface area contributed by atoms with Gasteiger partial charge in [0.05, 0.1) is 10.6 Å². The molecule has 33 heavy (non-hydrogen) atoms. The molecule has 0 radical (unpaired) electrons. The van der Waals surface area contributed by atoms with E-state index < -0.39 is 5.60 Å². The Balaban J connectivity index is 1.54. The molecule has 0 aromatic heterocycles. The number of piperidine rings is 1. The fraction of sp³-hybridized carbons (Fsp3) is 0.571. The van der Waals surface area contributed by atoms with Crippen molar-refractivity contribution < 1.29 is 9.84 Å². The van der Waals surface area contributed by atoms with Crippen LogP contribution in [0.5, 0.6) is 5.75 Å². The number of halogens is 1. The monoisotopic (exact) mass is 470 g/mol. The van der Waals surface area contributed by atoms with Crippen LogP contribution in [0.1, 0.15) is 68.5 Å². The van der Waals surface area contributed by atoms with Crippen molar-refractivity contribution in [1.82, 2.24) is 9.80 Å². The summed E-state index contributed by atoms with van der Waals surface area (Å²) < 4.78 is 6.02. The van der Waals surface area contributed by atoms with Gasteiger partial charge in [0.25, 0.3) is 0 Å². The topological polar surface area (TPSA) is 35.9 Å². The van der Waals surface area contributed by atoms with Crippen LogP contribution in [0, 0.1) is 0 Å². The maximum Gasteiger partial charge on any atom is 0.138 e. The summed E-state index contributed by atoms with van der Waals surface area (Å²) in [5.41, 5.74) is 1.73. The first-order valence-corrected chi connectivity index (χ1v) is 12.9. The molecule has 1 aliphatic carbocycles. The van der Waals surface area contributed by atoms with E-state index >= 15 is 0 Å². The third-order valence-corrected chi connectivity index (χ3v) is 7.83. The molecule has 1 heterocycles. The molecule has 2 atom stereocenters. The molecule has 0 bridgehead atoms. The van der Waals surface area contributed by atoms with Crippen LogP contribution in [0.15, 0.2) is 48.5 Å². The standard InChI is InChI=1S/C28H39ClN2O2/c1-30(2)24-12-9-17-31(20-24)26(19-28(32)15-7-4-8-16-28)23-13-14-27(25(29)18-23)33-21-22-10-5-3-6-11-22/h3,5-6,10-11,13-14,18,24,26,32H,4,7-9,12,15-17,19-21H2,1-2H3/t24-,26?/m1/s1. The molecule has 2 aromatic rings. The normalized spacial score (nSPS) is 22.3. The summed E-state index contributed by atoms with van der Waals surface area (Å²) in [6.07, 6.45) is 8.47. The number of likely N-dealkylation sites (N-methyl/N-ethyl adjacent to an activating group) is 1. The smallest absolute Gasteiger partial charge is 0.138 e. The average Bonchev–Trinajstić information content (AvgIpc) is 2.83. The lowest BCUT2D eigenvalue weighted by Gasteiger charge is -2.44. The fourth-order valence-electron chi connectivity index (χ4n) is 5.50. The molecule has 180 valence electrons. The maximum absolute atomic E-state index is 11.4. The molecule has 2 aliphatic rings. The highest BCUT2D eigenvalue weighted by molar-refractivity contribution is 6.32. The first-order chi connectivity index (χ1) is 15.9. The van der Waals surface area contributed by atoms with E-state index in [9.17, 15) is 5.11 Å². The third-order valence-electron chi connectivity index (χ3n) is 7.53. The molecule has 2 fully saturated rings. The predicted octanol–water partition coefficient (Wildman–Crippen LogP) is 6.07. The van der Waals surface area contributed by atoms with E-state index in [-0.39, 0.29) is 6.04 Å². The Labute approximate surface area is 204 Å². The van der Waals surface area contributed by atoms with Gasteiger partial charge in [0, 0.05) is 18.6 Å². The highest BCUT2D eigenvalue weighted by atomic mass is 35.5. The highest BCUT2D eigenvalue weighted by Gasteiger charge is 2.37. The van der Waals surface area contributed by atoms with Crippen LogP contribution >= 0.6 is 11.6 Å². The molecule has 0 amide bonds. The van der Waals surface area contributed by atoms with Gasteiger partial charge in [0.2, 0.25) is 0 Å². The number of nitrogens with zero attached hydrogens (tertiary/aromatic N) is 2. The second-order valence-corrected chi connectivity index (χ2v) is 10.6. The summed E-state index contributed by atoms with van der Waals surface area (Å²) in [5.74, 6) is 0.712. The van der Waals surface area contributed by atoms with Crippen molar-refractivity contribution in [2.24, 2.45) is 0 Å². The van der Waals surface area contributed by atoms with Crippen LogP contribution in [0.25, 0.3) is 0 Å². The molecular formula is C28H39ClN2O2. The Morgan fingerprint density at radius 1 is 1.09 bits per heavy atom. The summed E-state index contributed by atoms with van der Waals surface area (Å²) in [7, 11) is 4.35. The minimum Gasteiger partial charge on any atom is -0.487 e. The predicted molar refractivity (Wildman–Crippen MR) is 136 cm³/mol. The summed E-state index contributed by atoms with van der Waals surface area (Å²) in [6.45, 7) is 2.59. The molecule has 0 spiro atoms. The van der Waals surface area contributed by atoms with Crippen molar-refractivity contribution in [3.05, 3.63) is 64.7 Å². The molecule has 1 saturated heterocycles. The number of hydrogen-bond acceptors (Lipinski definition) is 4. The van der Waals surface area contributed by atoms with Gasteiger partial charge in [-0.1, -0.05) is 67.3 Å². The highest BCUT2D eigenvalue weighted by Crippen LogP contribution is 2.41. The Morgan fingerprint density at radius 3 is 2.55 bits per heavy atom. The molecule has 2 aromatic carbocycles. The molecule has 5 heteroatoms. The van der Waals surface area contributed by atoms with Gasteiger partial charge >= 0.3 is 0 Å². The van der Waals surface area contributed by atoms with E-state index in [1.807, 2.05) is 24.3 Å². The summed E-state index contributed by atoms with van der Waals surface area (Å²) >= 11 is 6.72. The van der Waals surface area contributed by atoms with Crippen molar-refractivity contribution in [2.45, 2.75) is 75.7 Å². The lowest BCUT2D eigenvalue weighted by molar-refractivity contribution is -0.0346. The zero-order valence-corrected chi connectivity index (χ0v) is 20.9. The second kappa shape index (κ2) is 11.2. The average molecular weight is 471 g/mol. The van der Waals surface area contributed by atoms with Gasteiger partial charge in [-0.25, -0.2) is 0 Å². The van der Waals surface area contributed by atoms with Crippen molar-refractivity contribution in [3.8, 4) is 5.75 Å². The first kappa shape index (κ1) is 24.5. The van der Waals surface area contributed by atoms with E-state index in [4.69, 9.17) is 16.3 Å². The Hall–Kier alpha value is -1.59. The van der Waals surface area contributed by atoms with E-state index in [1.165, 1.54) is 24.8 Å². The van der Waals surface area contributed by atoms with Crippen LogP contribution in [0.2, 0.25) is 5.02 Å². The number of ether oxygens (including phenoxy) is 1. The minimum absolute atomic E-state index is 0.163. The second-order valence-electron chi connectivity index (χ2n) is 10.2. The number of benzene rings is 2. The van der Waals surface area contributed by atoms with Crippen molar-refractivity contribution in [1.29, 1.82) is 0 Å². The molecule has 1 aliphatic heterocycles. The Kier molecular flexibility index (Phi) is 8.34. The van der Waals surface area contributed by atoms with Crippen molar-refractivity contribution in [2.75, 3.05) is 27.2 Å². The number of likely N-dealkylation sites (tertiary alicyclic amines) is 1. The van der Waals surface area contributed by atoms with Gasteiger partial charge < -0.3 is 14.7 Å². The largest absolute Gasteiger partial charge is 0.487 e. The lowest BCUT2D eigenvalue weighted by Crippen LogP contribution is -2.48. The zero-order chi connectivity index (χ0) is 23.3. The van der Waals surface area contributed by atoms with Gasteiger partial charge in [0.1, 0.15) is 12.4 Å². The summed E-state index contributed by atoms with van der Waals surface area (Å²) in [5, 5.41) is 12.1. The van der Waals surface area contributed by atoms with E-state index in [1.54, 1.807) is 0 Å². The molecule has 4 rings (SSSR count). The fourth-order valence-corrected chi connectivity index (χ4v) is 5.74. The summed E-state index contributed by atoms with van der Waals surface area (Å²) in [6, 6.07) is 17.1. The molecule has 1 N–H and O–H groups in total. The third kappa shape index (κ3) is 6.51. The van der Waals surface area contributed by atoms with E-state index in [2.05, 4.69) is 48.2 Å². The number of rotatable bonds is 8. The molecule has 4 nitrogen and oxygen atoms in total. The van der Waals surface area contributed by atoms with Crippen molar-refractivity contribution in [3.63, 3.8) is 0 Å².